The number of piperazine rings is 1. The van der Waals surface area contributed by atoms with Crippen molar-refractivity contribution in [1.82, 2.24) is 9.80 Å². The molecule has 3 aromatic carbocycles. The van der Waals surface area contributed by atoms with Gasteiger partial charge in [0.2, 0.25) is 6.79 Å². The number of aryl methyl sites for hydroxylation is 1. The number of carbonyl (C=O) groups excluding carboxylic acids is 1. The molecular formula is C28H30N2O5. The van der Waals surface area contributed by atoms with Crippen LogP contribution >= 0.6 is 0 Å². The zero-order valence-corrected chi connectivity index (χ0v) is 20.2. The molecule has 0 aromatic heterocycles. The van der Waals surface area contributed by atoms with E-state index in [1.807, 2.05) is 66.4 Å². The molecule has 1 saturated heterocycles. The van der Waals surface area contributed by atoms with Gasteiger partial charge < -0.3 is 23.8 Å². The SMILES string of the molecule is COc1ccc(C(=O)N2CCN(Cc3ccc4c(c3)OCO4)CC2)cc1COc1ccccc1C. The molecule has 0 spiro atoms. The monoisotopic (exact) mass is 474 g/mol. The van der Waals surface area contributed by atoms with Crippen LogP contribution in [0.4, 0.5) is 0 Å². The highest BCUT2D eigenvalue weighted by atomic mass is 16.7. The third-order valence-electron chi connectivity index (χ3n) is 6.51. The lowest BCUT2D eigenvalue weighted by atomic mass is 10.1. The van der Waals surface area contributed by atoms with Crippen molar-refractivity contribution in [2.24, 2.45) is 0 Å². The molecule has 7 nitrogen and oxygen atoms in total. The minimum atomic E-state index is 0.0347. The second-order valence-corrected chi connectivity index (χ2v) is 8.84. The summed E-state index contributed by atoms with van der Waals surface area (Å²) in [6.07, 6.45) is 0. The number of fused-ring (bicyclic) bond motifs is 1. The van der Waals surface area contributed by atoms with Crippen LogP contribution in [0.2, 0.25) is 0 Å². The van der Waals surface area contributed by atoms with Gasteiger partial charge in [0.05, 0.1) is 7.11 Å². The summed E-state index contributed by atoms with van der Waals surface area (Å²) >= 11 is 0. The predicted molar refractivity (Wildman–Crippen MR) is 132 cm³/mol. The van der Waals surface area contributed by atoms with E-state index in [-0.39, 0.29) is 12.7 Å². The van der Waals surface area contributed by atoms with Crippen molar-refractivity contribution in [1.29, 1.82) is 0 Å². The second-order valence-electron chi connectivity index (χ2n) is 8.84. The van der Waals surface area contributed by atoms with Crippen LogP contribution < -0.4 is 18.9 Å². The van der Waals surface area contributed by atoms with E-state index in [9.17, 15) is 4.79 Å². The molecule has 7 heteroatoms. The second kappa shape index (κ2) is 10.3. The first kappa shape index (κ1) is 23.1. The van der Waals surface area contributed by atoms with Gasteiger partial charge in [-0.3, -0.25) is 9.69 Å². The molecule has 0 bridgehead atoms. The van der Waals surface area contributed by atoms with E-state index in [2.05, 4.69) is 11.0 Å². The lowest BCUT2D eigenvalue weighted by Crippen LogP contribution is -2.48. The highest BCUT2D eigenvalue weighted by Gasteiger charge is 2.24. The molecule has 0 N–H and O–H groups in total. The van der Waals surface area contributed by atoms with Gasteiger partial charge in [-0.2, -0.15) is 0 Å². The number of hydrogen-bond donors (Lipinski definition) is 0. The van der Waals surface area contributed by atoms with E-state index in [4.69, 9.17) is 18.9 Å². The Hall–Kier alpha value is -3.71. The molecule has 1 amide bonds. The normalized spacial score (nSPS) is 15.2. The van der Waals surface area contributed by atoms with Crippen LogP contribution in [0.15, 0.2) is 60.7 Å². The molecule has 0 unspecified atom stereocenters. The number of hydrogen-bond acceptors (Lipinski definition) is 6. The first-order chi connectivity index (χ1) is 17.1. The summed E-state index contributed by atoms with van der Waals surface area (Å²) in [5.41, 5.74) is 3.75. The van der Waals surface area contributed by atoms with Crippen LogP contribution in [0.1, 0.15) is 27.0 Å². The van der Waals surface area contributed by atoms with E-state index in [0.717, 1.165) is 48.0 Å². The van der Waals surface area contributed by atoms with Crippen LogP contribution in [0, 0.1) is 6.92 Å². The molecule has 0 aliphatic carbocycles. The van der Waals surface area contributed by atoms with Crippen molar-refractivity contribution in [3.05, 3.63) is 82.9 Å². The molecule has 2 aliphatic heterocycles. The van der Waals surface area contributed by atoms with Gasteiger partial charge >= 0.3 is 0 Å². The quantitative estimate of drug-likeness (QED) is 0.510. The molecule has 2 aliphatic rings. The van der Waals surface area contributed by atoms with Gasteiger partial charge in [0, 0.05) is 43.9 Å². The zero-order chi connectivity index (χ0) is 24.2. The van der Waals surface area contributed by atoms with Crippen molar-refractivity contribution >= 4 is 5.91 Å². The number of carbonyl (C=O) groups is 1. The first-order valence-corrected chi connectivity index (χ1v) is 11.9. The zero-order valence-electron chi connectivity index (χ0n) is 20.2. The van der Waals surface area contributed by atoms with Crippen LogP contribution in [0.3, 0.4) is 0 Å². The summed E-state index contributed by atoms with van der Waals surface area (Å²) in [5.74, 6) is 3.17. The van der Waals surface area contributed by atoms with Gasteiger partial charge in [0.1, 0.15) is 18.1 Å². The van der Waals surface area contributed by atoms with Crippen molar-refractivity contribution in [2.75, 3.05) is 40.1 Å². The molecule has 0 atom stereocenters. The average molecular weight is 475 g/mol. The Kier molecular flexibility index (Phi) is 6.77. The standard InChI is InChI=1S/C28H30N2O5/c1-20-5-3-4-6-24(20)33-18-23-16-22(8-10-25(23)32-2)28(31)30-13-11-29(12-14-30)17-21-7-9-26-27(15-21)35-19-34-26/h3-10,15-16H,11-14,17-19H2,1-2H3. The number of benzene rings is 3. The Labute approximate surface area is 205 Å². The maximum Gasteiger partial charge on any atom is 0.253 e. The number of amides is 1. The van der Waals surface area contributed by atoms with Crippen molar-refractivity contribution < 1.29 is 23.7 Å². The van der Waals surface area contributed by atoms with Gasteiger partial charge in [0.15, 0.2) is 11.5 Å². The summed E-state index contributed by atoms with van der Waals surface area (Å²) < 4.78 is 22.4. The molecule has 182 valence electrons. The lowest BCUT2D eigenvalue weighted by Gasteiger charge is -2.35. The predicted octanol–water partition coefficient (Wildman–Crippen LogP) is 4.27. The number of methoxy groups -OCH3 is 1. The van der Waals surface area contributed by atoms with Crippen molar-refractivity contribution in [3.8, 4) is 23.0 Å². The van der Waals surface area contributed by atoms with Crippen LogP contribution in [-0.4, -0.2) is 55.8 Å². The maximum absolute atomic E-state index is 13.3. The highest BCUT2D eigenvalue weighted by molar-refractivity contribution is 5.94. The van der Waals surface area contributed by atoms with Crippen LogP contribution in [0.5, 0.6) is 23.0 Å². The van der Waals surface area contributed by atoms with Gasteiger partial charge in [0.25, 0.3) is 5.91 Å². The lowest BCUT2D eigenvalue weighted by molar-refractivity contribution is 0.0628. The summed E-state index contributed by atoms with van der Waals surface area (Å²) in [6.45, 7) is 6.46. The Balaban J connectivity index is 1.20. The fourth-order valence-corrected chi connectivity index (χ4v) is 4.49. The van der Waals surface area contributed by atoms with E-state index in [0.29, 0.717) is 31.0 Å². The molecule has 35 heavy (non-hydrogen) atoms. The number of rotatable bonds is 7. The van der Waals surface area contributed by atoms with E-state index >= 15 is 0 Å². The highest BCUT2D eigenvalue weighted by Crippen LogP contribution is 2.33. The van der Waals surface area contributed by atoms with Crippen molar-refractivity contribution in [3.63, 3.8) is 0 Å². The molecule has 3 aromatic rings. The summed E-state index contributed by atoms with van der Waals surface area (Å²) in [4.78, 5) is 17.5. The van der Waals surface area contributed by atoms with Gasteiger partial charge in [-0.25, -0.2) is 0 Å². The van der Waals surface area contributed by atoms with Crippen molar-refractivity contribution in [2.45, 2.75) is 20.1 Å². The Morgan fingerprint density at radius 2 is 1.71 bits per heavy atom. The van der Waals surface area contributed by atoms with E-state index in [1.54, 1.807) is 7.11 Å². The fourth-order valence-electron chi connectivity index (χ4n) is 4.49. The molecule has 2 heterocycles. The van der Waals surface area contributed by atoms with Crippen LogP contribution in [0.25, 0.3) is 0 Å². The summed E-state index contributed by atoms with van der Waals surface area (Å²) in [6, 6.07) is 19.5. The summed E-state index contributed by atoms with van der Waals surface area (Å²) in [7, 11) is 1.63. The largest absolute Gasteiger partial charge is 0.496 e. The topological polar surface area (TPSA) is 60.5 Å². The van der Waals surface area contributed by atoms with Gasteiger partial charge in [-0.1, -0.05) is 24.3 Å². The van der Waals surface area contributed by atoms with Gasteiger partial charge in [-0.05, 0) is 54.4 Å². The third kappa shape index (κ3) is 5.20. The molecule has 0 radical (unpaired) electrons. The number of nitrogens with zero attached hydrogens (tertiary/aromatic N) is 2. The molecular weight excluding hydrogens is 444 g/mol. The third-order valence-corrected chi connectivity index (χ3v) is 6.51. The van der Waals surface area contributed by atoms with Crippen LogP contribution in [-0.2, 0) is 13.2 Å². The van der Waals surface area contributed by atoms with Gasteiger partial charge in [-0.15, -0.1) is 0 Å². The Morgan fingerprint density at radius 1 is 0.914 bits per heavy atom. The Bertz CT molecular complexity index is 1200. The van der Waals surface area contributed by atoms with E-state index < -0.39 is 0 Å². The maximum atomic E-state index is 13.3. The smallest absolute Gasteiger partial charge is 0.253 e. The fraction of sp³-hybridized carbons (Fsp3) is 0.321. The Morgan fingerprint density at radius 3 is 2.51 bits per heavy atom. The number of ether oxygens (including phenoxy) is 4. The summed E-state index contributed by atoms with van der Waals surface area (Å²) in [5, 5.41) is 0. The van der Waals surface area contributed by atoms with E-state index in [1.165, 1.54) is 5.56 Å². The molecule has 1 fully saturated rings. The first-order valence-electron chi connectivity index (χ1n) is 11.9. The minimum Gasteiger partial charge on any atom is -0.496 e. The number of para-hydroxylation sites is 1. The minimum absolute atomic E-state index is 0.0347. The molecule has 5 rings (SSSR count). The average Bonchev–Trinajstić information content (AvgIpc) is 3.36. The molecule has 0 saturated carbocycles.